The van der Waals surface area contributed by atoms with Crippen molar-refractivity contribution in [2.24, 2.45) is 0 Å². The quantitative estimate of drug-likeness (QED) is 0.451. The molecule has 0 amide bonds. The first-order valence-corrected chi connectivity index (χ1v) is 10.4. The number of aryl methyl sites for hydroxylation is 1. The molecule has 148 valence electrons. The van der Waals surface area contributed by atoms with Gasteiger partial charge in [-0.25, -0.2) is 4.98 Å². The summed E-state index contributed by atoms with van der Waals surface area (Å²) in [6, 6.07) is 7.40. The number of fused-ring (bicyclic) bond motifs is 1. The highest BCUT2D eigenvalue weighted by atomic mass is 35.5. The van der Waals surface area contributed by atoms with E-state index in [4.69, 9.17) is 21.1 Å². The molecule has 0 N–H and O–H groups in total. The summed E-state index contributed by atoms with van der Waals surface area (Å²) in [6.07, 6.45) is 0. The third-order valence-corrected chi connectivity index (χ3v) is 6.48. The molecule has 1 aliphatic heterocycles. The molecule has 6 nitrogen and oxygen atoms in total. The molecule has 28 heavy (non-hydrogen) atoms. The topological polar surface area (TPSA) is 56.6 Å². The Kier molecular flexibility index (Phi) is 5.68. The van der Waals surface area contributed by atoms with E-state index in [0.717, 1.165) is 49.6 Å². The fourth-order valence-corrected chi connectivity index (χ4v) is 4.87. The van der Waals surface area contributed by atoms with Crippen LogP contribution in [0.25, 0.3) is 10.2 Å². The third-order valence-electron chi connectivity index (χ3n) is 5.02. The van der Waals surface area contributed by atoms with Gasteiger partial charge in [0.15, 0.2) is 0 Å². The van der Waals surface area contributed by atoms with Gasteiger partial charge in [-0.05, 0) is 25.1 Å². The van der Waals surface area contributed by atoms with Gasteiger partial charge in [-0.2, -0.15) is 0 Å². The number of rotatable bonds is 6. The number of ketones is 1. The van der Waals surface area contributed by atoms with E-state index in [9.17, 15) is 4.79 Å². The average Bonchev–Trinajstić information content (AvgIpc) is 3.23. The maximum absolute atomic E-state index is 12.9. The van der Waals surface area contributed by atoms with Crippen LogP contribution in [0.15, 0.2) is 24.3 Å². The number of ether oxygens (including phenoxy) is 2. The van der Waals surface area contributed by atoms with Gasteiger partial charge in [-0.15, -0.1) is 11.3 Å². The molecule has 3 aromatic rings. The average molecular weight is 420 g/mol. The molecule has 3 aromatic heterocycles. The van der Waals surface area contributed by atoms with Crippen molar-refractivity contribution in [3.8, 4) is 5.88 Å². The normalized spacial score (nSPS) is 15.2. The van der Waals surface area contributed by atoms with Gasteiger partial charge in [0, 0.05) is 43.3 Å². The zero-order valence-electron chi connectivity index (χ0n) is 15.9. The van der Waals surface area contributed by atoms with Crippen LogP contribution in [-0.4, -0.2) is 60.2 Å². The molecule has 0 aromatic carbocycles. The van der Waals surface area contributed by atoms with Crippen molar-refractivity contribution in [1.29, 1.82) is 0 Å². The van der Waals surface area contributed by atoms with Crippen molar-refractivity contribution < 1.29 is 14.3 Å². The highest BCUT2D eigenvalue weighted by Gasteiger charge is 2.20. The number of carbonyl (C=O) groups is 1. The molecular weight excluding hydrogens is 398 g/mol. The summed E-state index contributed by atoms with van der Waals surface area (Å²) in [5, 5.41) is 1.25. The van der Waals surface area contributed by atoms with Crippen molar-refractivity contribution in [1.82, 2.24) is 14.5 Å². The summed E-state index contributed by atoms with van der Waals surface area (Å²) in [4.78, 5) is 21.2. The van der Waals surface area contributed by atoms with Gasteiger partial charge in [0.2, 0.25) is 11.7 Å². The fourth-order valence-electron chi connectivity index (χ4n) is 3.46. The number of hydrogen-bond donors (Lipinski definition) is 0. The minimum atomic E-state index is -0.112. The Morgan fingerprint density at radius 1 is 1.29 bits per heavy atom. The van der Waals surface area contributed by atoms with E-state index in [1.165, 1.54) is 24.1 Å². The minimum Gasteiger partial charge on any atom is -0.481 e. The van der Waals surface area contributed by atoms with Crippen LogP contribution in [0.1, 0.15) is 20.9 Å². The minimum absolute atomic E-state index is 0.112. The molecule has 0 aliphatic carbocycles. The van der Waals surface area contributed by atoms with Gasteiger partial charge in [0.05, 0.1) is 30.8 Å². The van der Waals surface area contributed by atoms with E-state index in [1.54, 1.807) is 12.1 Å². The monoisotopic (exact) mass is 419 g/mol. The first kappa shape index (κ1) is 19.4. The predicted molar refractivity (Wildman–Crippen MR) is 111 cm³/mol. The molecule has 4 heterocycles. The molecule has 4 rings (SSSR count). The van der Waals surface area contributed by atoms with Gasteiger partial charge in [-0.1, -0.05) is 11.6 Å². The summed E-state index contributed by atoms with van der Waals surface area (Å²) in [7, 11) is 1.52. The number of methoxy groups -OCH3 is 1. The lowest BCUT2D eigenvalue weighted by Crippen LogP contribution is -2.38. The Bertz CT molecular complexity index is 1010. The molecule has 0 radical (unpaired) electrons. The highest BCUT2D eigenvalue weighted by Crippen LogP contribution is 2.32. The Hall–Kier alpha value is -1.93. The van der Waals surface area contributed by atoms with Crippen LogP contribution < -0.4 is 4.74 Å². The van der Waals surface area contributed by atoms with E-state index in [0.29, 0.717) is 16.3 Å². The lowest BCUT2D eigenvalue weighted by molar-refractivity contribution is 0.0365. The molecule has 0 spiro atoms. The van der Waals surface area contributed by atoms with Gasteiger partial charge in [-0.3, -0.25) is 9.69 Å². The van der Waals surface area contributed by atoms with Crippen LogP contribution in [0, 0.1) is 6.92 Å². The van der Waals surface area contributed by atoms with E-state index >= 15 is 0 Å². The summed E-state index contributed by atoms with van der Waals surface area (Å²) >= 11 is 7.70. The van der Waals surface area contributed by atoms with Crippen LogP contribution >= 0.6 is 22.9 Å². The second-order valence-corrected chi connectivity index (χ2v) is 8.17. The first-order chi connectivity index (χ1) is 13.6. The van der Waals surface area contributed by atoms with Gasteiger partial charge in [0.25, 0.3) is 0 Å². The highest BCUT2D eigenvalue weighted by molar-refractivity contribution is 7.20. The van der Waals surface area contributed by atoms with Crippen molar-refractivity contribution in [3.63, 3.8) is 0 Å². The molecule has 8 heteroatoms. The lowest BCUT2D eigenvalue weighted by Gasteiger charge is -2.26. The largest absolute Gasteiger partial charge is 0.481 e. The fraction of sp³-hybridized carbons (Fsp3) is 0.400. The standard InChI is InChI=1S/C20H22ClN3O3S/c1-13-11-14-12-16(18(25)15-3-4-17(26-2)22-19(15)21)28-20(14)24(13)6-5-23-7-9-27-10-8-23/h3-4,11-12H,5-10H2,1-2H3. The second kappa shape index (κ2) is 8.21. The van der Waals surface area contributed by atoms with Crippen molar-refractivity contribution in [2.45, 2.75) is 13.5 Å². The van der Waals surface area contributed by atoms with E-state index in [1.807, 2.05) is 6.07 Å². The van der Waals surface area contributed by atoms with Crippen molar-refractivity contribution in [3.05, 3.63) is 45.6 Å². The number of thiophene rings is 1. The second-order valence-electron chi connectivity index (χ2n) is 6.78. The number of morpholine rings is 1. The summed E-state index contributed by atoms with van der Waals surface area (Å²) in [5.74, 6) is 0.279. The zero-order valence-corrected chi connectivity index (χ0v) is 17.5. The molecule has 0 atom stereocenters. The lowest BCUT2D eigenvalue weighted by atomic mass is 10.1. The molecule has 1 aliphatic rings. The maximum Gasteiger partial charge on any atom is 0.214 e. The number of pyridine rings is 1. The molecule has 0 bridgehead atoms. The van der Waals surface area contributed by atoms with Gasteiger partial charge in [0.1, 0.15) is 9.98 Å². The van der Waals surface area contributed by atoms with Gasteiger partial charge >= 0.3 is 0 Å². The van der Waals surface area contributed by atoms with Crippen LogP contribution in [0.3, 0.4) is 0 Å². The maximum atomic E-state index is 12.9. The zero-order chi connectivity index (χ0) is 19.7. The third kappa shape index (κ3) is 3.80. The molecular formula is C20H22ClN3O3S. The number of aromatic nitrogens is 2. The van der Waals surface area contributed by atoms with Crippen LogP contribution in [0.2, 0.25) is 5.15 Å². The number of hydrogen-bond acceptors (Lipinski definition) is 6. The van der Waals surface area contributed by atoms with Crippen LogP contribution in [0.5, 0.6) is 5.88 Å². The summed E-state index contributed by atoms with van der Waals surface area (Å²) in [6.45, 7) is 7.53. The summed E-state index contributed by atoms with van der Waals surface area (Å²) in [5.41, 5.74) is 1.60. The smallest absolute Gasteiger partial charge is 0.214 e. The summed E-state index contributed by atoms with van der Waals surface area (Å²) < 4.78 is 12.8. The number of carbonyl (C=O) groups excluding carboxylic acids is 1. The SMILES string of the molecule is COc1ccc(C(=O)c2cc3cc(C)n(CCN4CCOCC4)c3s2)c(Cl)n1. The van der Waals surface area contributed by atoms with E-state index in [2.05, 4.69) is 27.4 Å². The Morgan fingerprint density at radius 2 is 2.07 bits per heavy atom. The Balaban J connectivity index is 1.57. The van der Waals surface area contributed by atoms with Gasteiger partial charge < -0.3 is 14.0 Å². The van der Waals surface area contributed by atoms with Crippen LogP contribution in [0.4, 0.5) is 0 Å². The predicted octanol–water partition coefficient (Wildman–Crippen LogP) is 3.63. The van der Waals surface area contributed by atoms with Crippen molar-refractivity contribution >= 4 is 38.9 Å². The first-order valence-electron chi connectivity index (χ1n) is 9.22. The molecule has 0 unspecified atom stereocenters. The molecule has 1 fully saturated rings. The Labute approximate surface area is 172 Å². The molecule has 0 saturated carbocycles. The van der Waals surface area contributed by atoms with E-state index in [-0.39, 0.29) is 10.9 Å². The van der Waals surface area contributed by atoms with Crippen molar-refractivity contribution in [2.75, 3.05) is 40.0 Å². The number of nitrogens with zero attached hydrogens (tertiary/aromatic N) is 3. The number of halogens is 1. The molecule has 1 saturated heterocycles. The van der Waals surface area contributed by atoms with E-state index < -0.39 is 0 Å². The Morgan fingerprint density at radius 3 is 2.79 bits per heavy atom. The van der Waals surface area contributed by atoms with Crippen LogP contribution in [-0.2, 0) is 11.3 Å².